The Morgan fingerprint density at radius 2 is 1.96 bits per heavy atom. The maximum atomic E-state index is 13.2. The van der Waals surface area contributed by atoms with E-state index in [0.717, 1.165) is 0 Å². The number of anilines is 1. The van der Waals surface area contributed by atoms with E-state index in [4.69, 9.17) is 4.74 Å². The van der Waals surface area contributed by atoms with Crippen molar-refractivity contribution in [2.24, 2.45) is 5.92 Å². The number of aliphatic hydroxyl groups excluding tert-OH is 1. The quantitative estimate of drug-likeness (QED) is 0.847. The number of benzene rings is 2. The summed E-state index contributed by atoms with van der Waals surface area (Å²) in [6.07, 6.45) is -0.697. The normalized spacial score (nSPS) is 12.0. The van der Waals surface area contributed by atoms with Crippen LogP contribution in [0, 0.1) is 11.7 Å². The summed E-state index contributed by atoms with van der Waals surface area (Å²) >= 11 is 0. The van der Waals surface area contributed by atoms with Gasteiger partial charge in [0.05, 0.1) is 18.2 Å². The van der Waals surface area contributed by atoms with E-state index in [1.165, 1.54) is 12.1 Å². The van der Waals surface area contributed by atoms with Crippen LogP contribution in [0.15, 0.2) is 48.5 Å². The summed E-state index contributed by atoms with van der Waals surface area (Å²) in [7, 11) is 0. The molecule has 0 bridgehead atoms. The van der Waals surface area contributed by atoms with Crippen molar-refractivity contribution >= 4 is 11.6 Å². The zero-order chi connectivity index (χ0) is 16.8. The van der Waals surface area contributed by atoms with Gasteiger partial charge in [-0.15, -0.1) is 0 Å². The van der Waals surface area contributed by atoms with Crippen LogP contribution in [-0.2, 0) is 4.79 Å². The zero-order valence-electron chi connectivity index (χ0n) is 13.1. The highest BCUT2D eigenvalue weighted by Gasteiger charge is 2.15. The highest BCUT2D eigenvalue weighted by Crippen LogP contribution is 2.29. The highest BCUT2D eigenvalue weighted by molar-refractivity contribution is 5.92. The van der Waals surface area contributed by atoms with Crippen molar-refractivity contribution in [3.05, 3.63) is 54.3 Å². The standard InChI is InChI=1S/C18H20FNO3/c1-12(2)16(21)11-18(22)20-15-8-3-4-9-17(15)23-14-7-5-6-13(19)10-14/h3-10,12,16,21H,11H2,1-2H3,(H,20,22). The maximum Gasteiger partial charge on any atom is 0.227 e. The molecule has 23 heavy (non-hydrogen) atoms. The average molecular weight is 317 g/mol. The molecule has 0 aliphatic rings. The van der Waals surface area contributed by atoms with Crippen LogP contribution in [0.5, 0.6) is 11.5 Å². The average Bonchev–Trinajstić information content (AvgIpc) is 2.49. The minimum Gasteiger partial charge on any atom is -0.455 e. The van der Waals surface area contributed by atoms with E-state index in [2.05, 4.69) is 5.32 Å². The number of para-hydroxylation sites is 2. The lowest BCUT2D eigenvalue weighted by atomic mass is 10.0. The van der Waals surface area contributed by atoms with E-state index in [1.54, 1.807) is 36.4 Å². The van der Waals surface area contributed by atoms with Crippen LogP contribution in [0.2, 0.25) is 0 Å². The molecule has 1 amide bonds. The van der Waals surface area contributed by atoms with E-state index in [0.29, 0.717) is 17.2 Å². The van der Waals surface area contributed by atoms with Crippen LogP contribution in [0.3, 0.4) is 0 Å². The number of rotatable bonds is 6. The largest absolute Gasteiger partial charge is 0.455 e. The van der Waals surface area contributed by atoms with Crippen LogP contribution >= 0.6 is 0 Å². The van der Waals surface area contributed by atoms with Gasteiger partial charge in [-0.25, -0.2) is 4.39 Å². The smallest absolute Gasteiger partial charge is 0.227 e. The fourth-order valence-electron chi connectivity index (χ4n) is 1.94. The maximum absolute atomic E-state index is 13.2. The number of carbonyl (C=O) groups is 1. The fraction of sp³-hybridized carbons (Fsp3) is 0.278. The Balaban J connectivity index is 2.10. The molecule has 1 atom stereocenters. The highest BCUT2D eigenvalue weighted by atomic mass is 19.1. The number of ether oxygens (including phenoxy) is 1. The Labute approximate surface area is 134 Å². The molecule has 2 rings (SSSR count). The van der Waals surface area contributed by atoms with Gasteiger partial charge in [-0.1, -0.05) is 32.0 Å². The third-order valence-electron chi connectivity index (χ3n) is 3.35. The minimum absolute atomic E-state index is 0.000428. The van der Waals surface area contributed by atoms with Gasteiger partial charge in [0.2, 0.25) is 5.91 Å². The van der Waals surface area contributed by atoms with Crippen molar-refractivity contribution in [2.75, 3.05) is 5.32 Å². The van der Waals surface area contributed by atoms with Crippen LogP contribution in [0.4, 0.5) is 10.1 Å². The van der Waals surface area contributed by atoms with Gasteiger partial charge < -0.3 is 15.2 Å². The molecule has 2 N–H and O–H groups in total. The fourth-order valence-corrected chi connectivity index (χ4v) is 1.94. The molecule has 4 nitrogen and oxygen atoms in total. The molecule has 0 heterocycles. The molecular weight excluding hydrogens is 297 g/mol. The molecule has 5 heteroatoms. The summed E-state index contributed by atoms with van der Waals surface area (Å²) < 4.78 is 18.8. The number of hydrogen-bond donors (Lipinski definition) is 2. The molecule has 0 fully saturated rings. The number of amides is 1. The second-order valence-corrected chi connectivity index (χ2v) is 5.62. The lowest BCUT2D eigenvalue weighted by molar-refractivity contribution is -0.118. The van der Waals surface area contributed by atoms with Crippen LogP contribution in [0.1, 0.15) is 20.3 Å². The van der Waals surface area contributed by atoms with Gasteiger partial charge in [-0.2, -0.15) is 0 Å². The summed E-state index contributed by atoms with van der Waals surface area (Å²) in [5.41, 5.74) is 0.470. The summed E-state index contributed by atoms with van der Waals surface area (Å²) in [6.45, 7) is 3.69. The summed E-state index contributed by atoms with van der Waals surface area (Å²) in [5.74, 6) is 0.0458. The van der Waals surface area contributed by atoms with Crippen molar-refractivity contribution in [1.82, 2.24) is 0 Å². The Morgan fingerprint density at radius 1 is 1.22 bits per heavy atom. The molecule has 0 aromatic heterocycles. The van der Waals surface area contributed by atoms with E-state index in [9.17, 15) is 14.3 Å². The molecule has 0 saturated carbocycles. The predicted octanol–water partition coefficient (Wildman–Crippen LogP) is 3.96. The summed E-state index contributed by atoms with van der Waals surface area (Å²) in [6, 6.07) is 12.7. The summed E-state index contributed by atoms with van der Waals surface area (Å²) in [4.78, 5) is 12.0. The Morgan fingerprint density at radius 3 is 2.65 bits per heavy atom. The lowest BCUT2D eigenvalue weighted by Crippen LogP contribution is -2.23. The van der Waals surface area contributed by atoms with Gasteiger partial charge >= 0.3 is 0 Å². The number of nitrogens with one attached hydrogen (secondary N) is 1. The number of aliphatic hydroxyl groups is 1. The lowest BCUT2D eigenvalue weighted by Gasteiger charge is -2.15. The summed E-state index contributed by atoms with van der Waals surface area (Å²) in [5, 5.41) is 12.5. The number of carbonyl (C=O) groups excluding carboxylic acids is 1. The van der Waals surface area contributed by atoms with Gasteiger partial charge in [0.1, 0.15) is 11.6 Å². The zero-order valence-corrected chi connectivity index (χ0v) is 13.1. The van der Waals surface area contributed by atoms with Gasteiger partial charge in [-0.05, 0) is 30.2 Å². The second-order valence-electron chi connectivity index (χ2n) is 5.62. The first kappa shape index (κ1) is 17.0. The van der Waals surface area contributed by atoms with Gasteiger partial charge in [0, 0.05) is 6.07 Å². The molecule has 122 valence electrons. The van der Waals surface area contributed by atoms with E-state index < -0.39 is 11.9 Å². The van der Waals surface area contributed by atoms with Crippen molar-refractivity contribution in [2.45, 2.75) is 26.4 Å². The topological polar surface area (TPSA) is 58.6 Å². The van der Waals surface area contributed by atoms with Gasteiger partial charge in [-0.3, -0.25) is 4.79 Å². The molecule has 0 aliphatic heterocycles. The molecule has 0 saturated heterocycles. The van der Waals surface area contributed by atoms with Crippen LogP contribution in [0.25, 0.3) is 0 Å². The molecular formula is C18H20FNO3. The third kappa shape index (κ3) is 5.07. The van der Waals surface area contributed by atoms with Crippen LogP contribution < -0.4 is 10.1 Å². The van der Waals surface area contributed by atoms with E-state index in [1.807, 2.05) is 13.8 Å². The third-order valence-corrected chi connectivity index (χ3v) is 3.35. The molecule has 1 unspecified atom stereocenters. The van der Waals surface area contributed by atoms with Gasteiger partial charge in [0.25, 0.3) is 0 Å². The SMILES string of the molecule is CC(C)C(O)CC(=O)Nc1ccccc1Oc1cccc(F)c1. The molecule has 2 aromatic carbocycles. The first-order valence-electron chi connectivity index (χ1n) is 7.46. The molecule has 0 aliphatic carbocycles. The van der Waals surface area contributed by atoms with Crippen molar-refractivity contribution < 1.29 is 19.0 Å². The van der Waals surface area contributed by atoms with Crippen LogP contribution in [-0.4, -0.2) is 17.1 Å². The Kier molecular flexibility index (Phi) is 5.71. The van der Waals surface area contributed by atoms with E-state index >= 15 is 0 Å². The first-order valence-corrected chi connectivity index (χ1v) is 7.46. The number of halogens is 1. The number of hydrogen-bond acceptors (Lipinski definition) is 3. The van der Waals surface area contributed by atoms with E-state index in [-0.39, 0.29) is 18.2 Å². The van der Waals surface area contributed by atoms with Crippen molar-refractivity contribution in [3.63, 3.8) is 0 Å². The Hall–Kier alpha value is -2.40. The molecule has 0 spiro atoms. The molecule has 2 aromatic rings. The molecule has 0 radical (unpaired) electrons. The second kappa shape index (κ2) is 7.74. The van der Waals surface area contributed by atoms with Crippen molar-refractivity contribution in [3.8, 4) is 11.5 Å². The van der Waals surface area contributed by atoms with Gasteiger partial charge in [0.15, 0.2) is 5.75 Å². The van der Waals surface area contributed by atoms with Crippen molar-refractivity contribution in [1.29, 1.82) is 0 Å². The Bertz CT molecular complexity index is 673. The minimum atomic E-state index is -0.703. The predicted molar refractivity (Wildman–Crippen MR) is 87.0 cm³/mol. The first-order chi connectivity index (χ1) is 11.0. The monoisotopic (exact) mass is 317 g/mol.